The van der Waals surface area contributed by atoms with Gasteiger partial charge in [0.25, 0.3) is 0 Å². The fourth-order valence-electron chi connectivity index (χ4n) is 6.56. The lowest BCUT2D eigenvalue weighted by Gasteiger charge is -2.39. The number of carbonyl (C=O) groups excluding carboxylic acids is 6. The molecule has 0 saturated carbocycles. The number of rotatable bonds is 21. The lowest BCUT2D eigenvalue weighted by atomic mass is 9.94. The Morgan fingerprint density at radius 3 is 1.71 bits per heavy atom. The van der Waals surface area contributed by atoms with Gasteiger partial charge in [-0.3, -0.25) is 28.8 Å². The van der Waals surface area contributed by atoms with Crippen LogP contribution in [0.5, 0.6) is 0 Å². The number of amides is 6. The molecule has 0 aliphatic rings. The summed E-state index contributed by atoms with van der Waals surface area (Å²) in [7, 11) is 6.16. The molecule has 0 fully saturated rings. The highest BCUT2D eigenvalue weighted by Gasteiger charge is 2.41. The van der Waals surface area contributed by atoms with Gasteiger partial charge in [-0.15, -0.1) is 6.58 Å². The third kappa shape index (κ3) is 12.5. The van der Waals surface area contributed by atoms with Gasteiger partial charge in [0.05, 0.1) is 0 Å². The van der Waals surface area contributed by atoms with Crippen LogP contribution >= 0.6 is 0 Å². The molecule has 0 heterocycles. The van der Waals surface area contributed by atoms with Crippen LogP contribution in [0.4, 0.5) is 0 Å². The number of nitrogens with zero attached hydrogens (tertiary/aromatic N) is 4. The Bertz CT molecular complexity index is 1370. The second kappa shape index (κ2) is 21.3. The molecule has 1 aromatic carbocycles. The number of hydrogen-bond acceptors (Lipinski definition) is 6. The van der Waals surface area contributed by atoms with E-state index in [4.69, 9.17) is 5.73 Å². The van der Waals surface area contributed by atoms with Crippen LogP contribution in [-0.2, 0) is 35.2 Å². The minimum Gasteiger partial charge on any atom is -0.368 e. The van der Waals surface area contributed by atoms with E-state index in [-0.39, 0.29) is 41.9 Å². The Kier molecular flexibility index (Phi) is 18.8. The van der Waals surface area contributed by atoms with E-state index in [0.29, 0.717) is 6.42 Å². The molecule has 0 unspecified atom stereocenters. The molecule has 12 heteroatoms. The first kappa shape index (κ1) is 45.8. The molecular weight excluding hydrogens is 660 g/mol. The van der Waals surface area contributed by atoms with E-state index >= 15 is 0 Å². The van der Waals surface area contributed by atoms with Gasteiger partial charge in [0.2, 0.25) is 35.4 Å². The van der Waals surface area contributed by atoms with Crippen molar-refractivity contribution in [2.24, 2.45) is 29.4 Å². The number of hydrogen-bond donors (Lipinski definition) is 2. The zero-order valence-electron chi connectivity index (χ0n) is 33.7. The Morgan fingerprint density at radius 2 is 1.23 bits per heavy atom. The maximum atomic E-state index is 14.1. The second-order valence-electron chi connectivity index (χ2n) is 15.2. The second-order valence-corrected chi connectivity index (χ2v) is 15.2. The monoisotopic (exact) mass is 727 g/mol. The molecule has 3 N–H and O–H groups in total. The summed E-state index contributed by atoms with van der Waals surface area (Å²) in [4.78, 5) is 86.9. The van der Waals surface area contributed by atoms with E-state index in [0.717, 1.165) is 24.8 Å². The van der Waals surface area contributed by atoms with Gasteiger partial charge in [-0.2, -0.15) is 0 Å². The number of primary amides is 1. The van der Waals surface area contributed by atoms with E-state index in [9.17, 15) is 28.8 Å². The van der Waals surface area contributed by atoms with Crippen LogP contribution < -0.4 is 11.1 Å². The average Bonchev–Trinajstić information content (AvgIpc) is 3.09. The number of nitrogens with two attached hydrogens (primary N) is 1. The highest BCUT2D eigenvalue weighted by molar-refractivity contribution is 5.96. The first-order chi connectivity index (χ1) is 24.2. The van der Waals surface area contributed by atoms with Gasteiger partial charge in [0.15, 0.2) is 0 Å². The van der Waals surface area contributed by atoms with Gasteiger partial charge in [-0.1, -0.05) is 91.3 Å². The van der Waals surface area contributed by atoms with Crippen molar-refractivity contribution in [3.05, 3.63) is 48.6 Å². The summed E-state index contributed by atoms with van der Waals surface area (Å²) in [6, 6.07) is 4.51. The lowest BCUT2D eigenvalue weighted by Crippen LogP contribution is -2.61. The smallest absolute Gasteiger partial charge is 0.246 e. The summed E-state index contributed by atoms with van der Waals surface area (Å²) in [5, 5.41) is 2.87. The van der Waals surface area contributed by atoms with Crippen molar-refractivity contribution in [2.75, 3.05) is 28.2 Å². The maximum Gasteiger partial charge on any atom is 0.246 e. The van der Waals surface area contributed by atoms with E-state index in [2.05, 4.69) is 11.9 Å². The summed E-state index contributed by atoms with van der Waals surface area (Å²) in [6.45, 7) is 18.1. The number of benzene rings is 1. The van der Waals surface area contributed by atoms with Crippen molar-refractivity contribution < 1.29 is 28.8 Å². The first-order valence-corrected chi connectivity index (χ1v) is 18.5. The molecule has 6 atom stereocenters. The standard InChI is InChI=1S/C40H66N6O6/c1-14-15-16-18-21-28(8)37(49)46(13)34(27(6)7)40(52)45(12)33(26(4)5)36(48)42-32(25(2)3)39(51)43(10)29(9)38(50)44(11)31(35(41)47)24-30-22-19-17-20-23-30/h14,17,19-20,22-23,25-29,31-34H,1,15-16,18,21,24H2,2-13H3,(H2,41,47)(H,42,48)/t28-,29+,31+,32+,33+,34+/m1/s1. The van der Waals surface area contributed by atoms with Crippen LogP contribution in [0.1, 0.15) is 86.6 Å². The van der Waals surface area contributed by atoms with Gasteiger partial charge in [-0.05, 0) is 49.5 Å². The molecule has 12 nitrogen and oxygen atoms in total. The fourth-order valence-corrected chi connectivity index (χ4v) is 6.56. The van der Waals surface area contributed by atoms with E-state index in [1.54, 1.807) is 34.9 Å². The molecule has 0 radical (unpaired) electrons. The number of likely N-dealkylation sites (N-methyl/N-ethyl adjacent to an activating group) is 4. The Balaban J connectivity index is 3.20. The number of carbonyl (C=O) groups is 6. The summed E-state index contributed by atoms with van der Waals surface area (Å²) >= 11 is 0. The molecule has 6 amide bonds. The molecule has 0 aliphatic carbocycles. The Labute approximate surface area is 312 Å². The van der Waals surface area contributed by atoms with Crippen molar-refractivity contribution in [1.82, 2.24) is 24.9 Å². The first-order valence-electron chi connectivity index (χ1n) is 18.5. The minimum absolute atomic E-state index is 0.130. The van der Waals surface area contributed by atoms with Crippen LogP contribution in [0.25, 0.3) is 0 Å². The van der Waals surface area contributed by atoms with Crippen molar-refractivity contribution >= 4 is 35.4 Å². The van der Waals surface area contributed by atoms with E-state index in [1.165, 1.54) is 33.7 Å². The molecule has 0 saturated heterocycles. The van der Waals surface area contributed by atoms with E-state index in [1.807, 2.05) is 71.0 Å². The molecule has 0 aliphatic heterocycles. The number of unbranched alkanes of at least 4 members (excludes halogenated alkanes) is 2. The third-order valence-electron chi connectivity index (χ3n) is 9.96. The fraction of sp³-hybridized carbons (Fsp3) is 0.650. The zero-order chi connectivity index (χ0) is 40.0. The SMILES string of the molecule is C=CCCCC[C@@H](C)C(=O)N(C)[C@H](C(=O)N(C)[C@H](C(=O)N[C@H](C(=O)N(C)[C@@H](C)C(=O)N(C)[C@@H](Cc1ccccc1)C(N)=O)C(C)C)C(C)C)C(C)C. The van der Waals surface area contributed by atoms with Crippen molar-refractivity contribution in [3.8, 4) is 0 Å². The summed E-state index contributed by atoms with van der Waals surface area (Å²) in [5.41, 5.74) is 6.53. The quantitative estimate of drug-likeness (QED) is 0.145. The van der Waals surface area contributed by atoms with Crippen LogP contribution in [0.15, 0.2) is 43.0 Å². The van der Waals surface area contributed by atoms with Crippen LogP contribution in [-0.4, -0.2) is 113 Å². The Morgan fingerprint density at radius 1 is 0.692 bits per heavy atom. The number of nitrogens with one attached hydrogen (secondary N) is 1. The zero-order valence-corrected chi connectivity index (χ0v) is 33.7. The van der Waals surface area contributed by atoms with Crippen LogP contribution in [0, 0.1) is 23.7 Å². The highest BCUT2D eigenvalue weighted by Crippen LogP contribution is 2.22. The normalized spacial score (nSPS) is 14.8. The molecule has 52 heavy (non-hydrogen) atoms. The van der Waals surface area contributed by atoms with Crippen molar-refractivity contribution in [1.29, 1.82) is 0 Å². The predicted octanol–water partition coefficient (Wildman–Crippen LogP) is 3.88. The molecule has 0 bridgehead atoms. The maximum absolute atomic E-state index is 14.1. The molecule has 0 aromatic heterocycles. The van der Waals surface area contributed by atoms with Gasteiger partial charge in [-0.25, -0.2) is 0 Å². The summed E-state index contributed by atoms with van der Waals surface area (Å²) in [6.07, 6.45) is 5.47. The van der Waals surface area contributed by atoms with Crippen molar-refractivity contribution in [3.63, 3.8) is 0 Å². The van der Waals surface area contributed by atoms with Crippen molar-refractivity contribution in [2.45, 2.75) is 118 Å². The molecular formula is C40H66N6O6. The largest absolute Gasteiger partial charge is 0.368 e. The molecule has 0 spiro atoms. The Hall–Kier alpha value is -4.22. The summed E-state index contributed by atoms with van der Waals surface area (Å²) in [5.74, 6) is -3.89. The molecule has 292 valence electrons. The summed E-state index contributed by atoms with van der Waals surface area (Å²) < 4.78 is 0. The third-order valence-corrected chi connectivity index (χ3v) is 9.96. The van der Waals surface area contributed by atoms with Crippen LogP contribution in [0.2, 0.25) is 0 Å². The number of allylic oxidation sites excluding steroid dienone is 1. The predicted molar refractivity (Wildman–Crippen MR) is 206 cm³/mol. The van der Waals surface area contributed by atoms with Gasteiger partial charge < -0.3 is 30.7 Å². The van der Waals surface area contributed by atoms with Gasteiger partial charge in [0, 0.05) is 40.5 Å². The van der Waals surface area contributed by atoms with E-state index < -0.39 is 53.8 Å². The molecule has 1 rings (SSSR count). The van der Waals surface area contributed by atoms with Crippen LogP contribution in [0.3, 0.4) is 0 Å². The highest BCUT2D eigenvalue weighted by atomic mass is 16.2. The lowest BCUT2D eigenvalue weighted by molar-refractivity contribution is -0.152. The minimum atomic E-state index is -1.02. The van der Waals surface area contributed by atoms with Gasteiger partial charge >= 0.3 is 0 Å². The average molecular weight is 727 g/mol. The van der Waals surface area contributed by atoms with Gasteiger partial charge in [0.1, 0.15) is 30.2 Å². The molecule has 1 aromatic rings. The topological polar surface area (TPSA) is 153 Å².